The van der Waals surface area contributed by atoms with Gasteiger partial charge < -0.3 is 19.7 Å². The van der Waals surface area contributed by atoms with Crippen molar-refractivity contribution < 1.29 is 18.3 Å². The van der Waals surface area contributed by atoms with E-state index >= 15 is 0 Å². The summed E-state index contributed by atoms with van der Waals surface area (Å²) in [6.07, 6.45) is 2.38. The summed E-state index contributed by atoms with van der Waals surface area (Å²) in [5, 5.41) is 3.44. The van der Waals surface area contributed by atoms with Gasteiger partial charge in [0.1, 0.15) is 5.75 Å². The highest BCUT2D eigenvalue weighted by Crippen LogP contribution is 2.17. The van der Waals surface area contributed by atoms with Crippen LogP contribution in [0.15, 0.2) is 29.3 Å². The van der Waals surface area contributed by atoms with E-state index < -0.39 is 6.61 Å². The molecule has 1 aromatic carbocycles. The monoisotopic (exact) mass is 512 g/mol. The quantitative estimate of drug-likeness (QED) is 0.313. The highest BCUT2D eigenvalue weighted by atomic mass is 127. The van der Waals surface area contributed by atoms with E-state index in [4.69, 9.17) is 4.74 Å². The van der Waals surface area contributed by atoms with Crippen LogP contribution in [0.1, 0.15) is 18.4 Å². The Morgan fingerprint density at radius 2 is 2.07 bits per heavy atom. The number of benzene rings is 1. The molecule has 2 rings (SSSR count). The standard InChI is InChI=1S/C19H30F2N4O2.HI/c1-22-19(23-13-16-5-4-10-25(16)11-12-26-3)24(2)14-15-6-8-17(9-7-15)27-18(20)21;/h6-9,16,18H,4-5,10-14H2,1-3H3,(H,22,23);1H. The molecule has 0 saturated carbocycles. The van der Waals surface area contributed by atoms with E-state index in [2.05, 4.69) is 19.9 Å². The Balaban J connectivity index is 0.00000392. The van der Waals surface area contributed by atoms with Crippen molar-refractivity contribution in [2.45, 2.75) is 32.0 Å². The van der Waals surface area contributed by atoms with Gasteiger partial charge in [-0.3, -0.25) is 9.89 Å². The molecule has 1 heterocycles. The van der Waals surface area contributed by atoms with E-state index in [0.717, 1.165) is 37.8 Å². The summed E-state index contributed by atoms with van der Waals surface area (Å²) in [7, 11) is 5.44. The number of ether oxygens (including phenoxy) is 2. The maximum Gasteiger partial charge on any atom is 0.387 e. The first-order chi connectivity index (χ1) is 13.0. The van der Waals surface area contributed by atoms with Gasteiger partial charge in [-0.1, -0.05) is 12.1 Å². The maximum atomic E-state index is 12.2. The van der Waals surface area contributed by atoms with Crippen LogP contribution in [0.4, 0.5) is 8.78 Å². The molecule has 6 nitrogen and oxygen atoms in total. The molecule has 1 fully saturated rings. The fraction of sp³-hybridized carbons (Fsp3) is 0.632. The van der Waals surface area contributed by atoms with Gasteiger partial charge in [-0.2, -0.15) is 8.78 Å². The van der Waals surface area contributed by atoms with Crippen molar-refractivity contribution in [1.82, 2.24) is 15.1 Å². The lowest BCUT2D eigenvalue weighted by atomic mass is 10.2. The molecule has 0 bridgehead atoms. The molecule has 1 N–H and O–H groups in total. The van der Waals surface area contributed by atoms with Crippen molar-refractivity contribution in [1.29, 1.82) is 0 Å². The number of nitrogens with zero attached hydrogens (tertiary/aromatic N) is 3. The van der Waals surface area contributed by atoms with Crippen molar-refractivity contribution in [3.63, 3.8) is 0 Å². The lowest BCUT2D eigenvalue weighted by Gasteiger charge is -2.27. The van der Waals surface area contributed by atoms with Gasteiger partial charge in [-0.25, -0.2) is 0 Å². The van der Waals surface area contributed by atoms with Crippen LogP contribution in [-0.4, -0.2) is 75.9 Å². The zero-order valence-electron chi connectivity index (χ0n) is 16.7. The van der Waals surface area contributed by atoms with Crippen LogP contribution < -0.4 is 10.1 Å². The first-order valence-electron chi connectivity index (χ1n) is 9.22. The van der Waals surface area contributed by atoms with E-state index in [1.807, 2.05) is 11.9 Å². The van der Waals surface area contributed by atoms with Gasteiger partial charge in [0.15, 0.2) is 5.96 Å². The summed E-state index contributed by atoms with van der Waals surface area (Å²) in [5.74, 6) is 0.970. The SMILES string of the molecule is CN=C(NCC1CCCN1CCOC)N(C)Cc1ccc(OC(F)F)cc1.I. The van der Waals surface area contributed by atoms with Gasteiger partial charge in [-0.05, 0) is 37.1 Å². The zero-order chi connectivity index (χ0) is 19.6. The predicted molar refractivity (Wildman–Crippen MR) is 118 cm³/mol. The van der Waals surface area contributed by atoms with Crippen molar-refractivity contribution in [3.05, 3.63) is 29.8 Å². The molecule has 160 valence electrons. The number of guanidine groups is 1. The second-order valence-electron chi connectivity index (χ2n) is 6.63. The van der Waals surface area contributed by atoms with Gasteiger partial charge in [0, 0.05) is 46.9 Å². The van der Waals surface area contributed by atoms with E-state index in [9.17, 15) is 8.78 Å². The van der Waals surface area contributed by atoms with Crippen LogP contribution in [0.2, 0.25) is 0 Å². The summed E-state index contributed by atoms with van der Waals surface area (Å²) >= 11 is 0. The number of hydrogen-bond donors (Lipinski definition) is 1. The fourth-order valence-corrected chi connectivity index (χ4v) is 3.35. The molecule has 1 saturated heterocycles. The van der Waals surface area contributed by atoms with Crippen molar-refractivity contribution in [3.8, 4) is 5.75 Å². The Hall–Kier alpha value is -1.20. The topological polar surface area (TPSA) is 49.3 Å². The number of rotatable bonds is 9. The Bertz CT molecular complexity index is 590. The molecule has 1 aromatic rings. The van der Waals surface area contributed by atoms with Gasteiger partial charge >= 0.3 is 6.61 Å². The Morgan fingerprint density at radius 1 is 1.36 bits per heavy atom. The summed E-state index contributed by atoms with van der Waals surface area (Å²) in [6.45, 7) is 1.45. The second-order valence-corrected chi connectivity index (χ2v) is 6.63. The van der Waals surface area contributed by atoms with Crippen LogP contribution >= 0.6 is 24.0 Å². The van der Waals surface area contributed by atoms with Crippen LogP contribution in [0.5, 0.6) is 5.75 Å². The van der Waals surface area contributed by atoms with Gasteiger partial charge in [0.25, 0.3) is 0 Å². The van der Waals surface area contributed by atoms with Gasteiger partial charge in [0.05, 0.1) is 6.61 Å². The summed E-state index contributed by atoms with van der Waals surface area (Å²) in [5.41, 5.74) is 0.990. The smallest absolute Gasteiger partial charge is 0.387 e. The minimum absolute atomic E-state index is 0. The van der Waals surface area contributed by atoms with Crippen LogP contribution in [0.25, 0.3) is 0 Å². The second kappa shape index (κ2) is 13.1. The highest BCUT2D eigenvalue weighted by molar-refractivity contribution is 14.0. The van der Waals surface area contributed by atoms with Gasteiger partial charge in [0.2, 0.25) is 0 Å². The molecular formula is C19H31F2IN4O2. The third kappa shape index (κ3) is 8.04. The molecular weight excluding hydrogens is 481 g/mol. The molecule has 1 aliphatic heterocycles. The molecule has 0 amide bonds. The zero-order valence-corrected chi connectivity index (χ0v) is 19.1. The van der Waals surface area contributed by atoms with Gasteiger partial charge in [-0.15, -0.1) is 24.0 Å². The van der Waals surface area contributed by atoms with Crippen LogP contribution in [-0.2, 0) is 11.3 Å². The van der Waals surface area contributed by atoms with E-state index in [0.29, 0.717) is 12.6 Å². The summed E-state index contributed by atoms with van der Waals surface area (Å²) < 4.78 is 34.0. The molecule has 1 atom stereocenters. The fourth-order valence-electron chi connectivity index (χ4n) is 3.35. The molecule has 1 aliphatic rings. The largest absolute Gasteiger partial charge is 0.435 e. The van der Waals surface area contributed by atoms with E-state index in [-0.39, 0.29) is 29.7 Å². The Kier molecular flexibility index (Phi) is 11.6. The average Bonchev–Trinajstić information content (AvgIpc) is 3.09. The third-order valence-corrected chi connectivity index (χ3v) is 4.72. The maximum absolute atomic E-state index is 12.2. The summed E-state index contributed by atoms with van der Waals surface area (Å²) in [4.78, 5) is 8.81. The lowest BCUT2D eigenvalue weighted by Crippen LogP contribution is -2.45. The lowest BCUT2D eigenvalue weighted by molar-refractivity contribution is -0.0498. The number of alkyl halides is 2. The molecule has 9 heteroatoms. The first kappa shape index (κ1) is 24.8. The van der Waals surface area contributed by atoms with Crippen molar-refractivity contribution >= 4 is 29.9 Å². The number of halogens is 3. The normalized spacial score (nSPS) is 17.5. The average molecular weight is 512 g/mol. The van der Waals surface area contributed by atoms with E-state index in [1.54, 1.807) is 38.4 Å². The highest BCUT2D eigenvalue weighted by Gasteiger charge is 2.24. The molecule has 28 heavy (non-hydrogen) atoms. The number of methoxy groups -OCH3 is 1. The van der Waals surface area contributed by atoms with Crippen molar-refractivity contribution in [2.24, 2.45) is 4.99 Å². The number of aliphatic imine (C=N–C) groups is 1. The number of nitrogens with one attached hydrogen (secondary N) is 1. The molecule has 0 spiro atoms. The molecule has 0 aliphatic carbocycles. The van der Waals surface area contributed by atoms with E-state index in [1.165, 1.54) is 12.8 Å². The van der Waals surface area contributed by atoms with Crippen LogP contribution in [0.3, 0.4) is 0 Å². The third-order valence-electron chi connectivity index (χ3n) is 4.72. The summed E-state index contributed by atoms with van der Waals surface area (Å²) in [6, 6.07) is 7.15. The Morgan fingerprint density at radius 3 is 2.68 bits per heavy atom. The number of hydrogen-bond acceptors (Lipinski definition) is 4. The minimum atomic E-state index is -2.81. The van der Waals surface area contributed by atoms with Crippen molar-refractivity contribution in [2.75, 3.05) is 47.4 Å². The molecule has 1 unspecified atom stereocenters. The number of likely N-dealkylation sites (tertiary alicyclic amines) is 1. The molecule has 0 radical (unpaired) electrons. The minimum Gasteiger partial charge on any atom is -0.435 e. The first-order valence-corrected chi connectivity index (χ1v) is 9.22. The molecule has 0 aromatic heterocycles. The van der Waals surface area contributed by atoms with Crippen LogP contribution in [0, 0.1) is 0 Å². The predicted octanol–water partition coefficient (Wildman–Crippen LogP) is 3.02. The Labute approximate surface area is 183 Å².